The summed E-state index contributed by atoms with van der Waals surface area (Å²) >= 11 is 0. The van der Waals surface area contributed by atoms with Crippen molar-refractivity contribution in [3.8, 4) is 27.9 Å². The first-order chi connectivity index (χ1) is 21.8. The molecule has 0 aliphatic carbocycles. The second-order valence-electron chi connectivity index (χ2n) is 11.8. The van der Waals surface area contributed by atoms with E-state index < -0.39 is 0 Å². The topological polar surface area (TPSA) is 9.34 Å². The Morgan fingerprint density at radius 1 is 0.341 bits per heavy atom. The van der Waals surface area contributed by atoms with Gasteiger partial charge >= 0.3 is 0 Å². The van der Waals surface area contributed by atoms with E-state index in [4.69, 9.17) is 0 Å². The highest BCUT2D eigenvalue weighted by Crippen LogP contribution is 2.44. The van der Waals surface area contributed by atoms with Gasteiger partial charge in [0, 0.05) is 38.0 Å². The smallest absolute Gasteiger partial charge is 0.0620 e. The fraction of sp³-hybridized carbons (Fsp3) is 0. The quantitative estimate of drug-likeness (QED) is 0.204. The van der Waals surface area contributed by atoms with Crippen LogP contribution < -0.4 is 0 Å². The van der Waals surface area contributed by atoms with Gasteiger partial charge in [-0.05, 0) is 70.8 Å². The predicted molar refractivity (Wildman–Crippen MR) is 186 cm³/mol. The highest BCUT2D eigenvalue weighted by Gasteiger charge is 2.21. The minimum Gasteiger partial charge on any atom is -0.309 e. The van der Waals surface area contributed by atoms with Crippen LogP contribution in [-0.2, 0) is 0 Å². The third-order valence-corrected chi connectivity index (χ3v) is 9.42. The van der Waals surface area contributed by atoms with Crippen molar-refractivity contribution in [2.75, 3.05) is 0 Å². The molecule has 3 aromatic heterocycles. The Labute approximate surface area is 254 Å². The summed E-state index contributed by atoms with van der Waals surface area (Å²) < 4.78 is 4.88. The molecular formula is C42H26N2. The molecule has 0 aliphatic heterocycles. The third kappa shape index (κ3) is 3.14. The van der Waals surface area contributed by atoms with E-state index in [9.17, 15) is 0 Å². The number of hydrogen-bond donors (Lipinski definition) is 0. The van der Waals surface area contributed by atoms with Crippen molar-refractivity contribution in [3.63, 3.8) is 0 Å². The maximum Gasteiger partial charge on any atom is 0.0620 e. The molecule has 3 heterocycles. The molecule has 10 rings (SSSR count). The van der Waals surface area contributed by atoms with E-state index in [1.165, 1.54) is 87.8 Å². The molecule has 0 saturated carbocycles. The molecule has 0 unspecified atom stereocenters. The molecule has 2 nitrogen and oxygen atoms in total. The third-order valence-electron chi connectivity index (χ3n) is 9.42. The largest absolute Gasteiger partial charge is 0.309 e. The Hall–Kier alpha value is -5.86. The molecule has 0 aliphatic rings. The number of para-hydroxylation sites is 3. The molecule has 0 radical (unpaired) electrons. The predicted octanol–water partition coefficient (Wildman–Crippen LogP) is 11.3. The first-order valence-corrected chi connectivity index (χ1v) is 15.2. The van der Waals surface area contributed by atoms with Crippen molar-refractivity contribution in [2.24, 2.45) is 0 Å². The molecule has 2 heteroatoms. The summed E-state index contributed by atoms with van der Waals surface area (Å²) in [4.78, 5) is 0. The summed E-state index contributed by atoms with van der Waals surface area (Å²) in [7, 11) is 0. The maximum absolute atomic E-state index is 2.45. The van der Waals surface area contributed by atoms with Crippen LogP contribution in [0.25, 0.3) is 87.8 Å². The van der Waals surface area contributed by atoms with Crippen LogP contribution in [0, 0.1) is 0 Å². The van der Waals surface area contributed by atoms with Gasteiger partial charge in [0.05, 0.1) is 27.6 Å². The van der Waals surface area contributed by atoms with Crippen LogP contribution in [0.1, 0.15) is 0 Å². The standard InChI is InChI=1S/C42H26N2/c1-2-12-27(13-3-1)28-14-10-15-30(24-28)43-39-22-9-6-18-34(39)41-31(19-11-23-40(41)43)29-25-35-32-16-4-7-20-37(32)44-38-21-8-5-17-33(38)36(26-29)42(35)44/h1-26H. The van der Waals surface area contributed by atoms with Crippen LogP contribution in [0.4, 0.5) is 0 Å². The average Bonchev–Trinajstić information content (AvgIpc) is 3.73. The Kier molecular flexibility index (Phi) is 4.75. The van der Waals surface area contributed by atoms with Crippen molar-refractivity contribution < 1.29 is 0 Å². The van der Waals surface area contributed by atoms with Crippen LogP contribution in [0.5, 0.6) is 0 Å². The normalized spacial score (nSPS) is 12.1. The molecule has 10 aromatic rings. The van der Waals surface area contributed by atoms with E-state index in [2.05, 4.69) is 167 Å². The van der Waals surface area contributed by atoms with E-state index in [0.29, 0.717) is 0 Å². The lowest BCUT2D eigenvalue weighted by Gasteiger charge is -2.11. The van der Waals surface area contributed by atoms with Crippen LogP contribution in [0.2, 0.25) is 0 Å². The lowest BCUT2D eigenvalue weighted by Crippen LogP contribution is -1.94. The maximum atomic E-state index is 2.45. The molecular weight excluding hydrogens is 532 g/mol. The van der Waals surface area contributed by atoms with E-state index >= 15 is 0 Å². The van der Waals surface area contributed by atoms with E-state index in [1.54, 1.807) is 0 Å². The molecule has 0 spiro atoms. The van der Waals surface area contributed by atoms with E-state index in [0.717, 1.165) is 0 Å². The van der Waals surface area contributed by atoms with E-state index in [-0.39, 0.29) is 0 Å². The van der Waals surface area contributed by atoms with Crippen molar-refractivity contribution in [3.05, 3.63) is 158 Å². The molecule has 0 bridgehead atoms. The van der Waals surface area contributed by atoms with Crippen LogP contribution in [0.3, 0.4) is 0 Å². The van der Waals surface area contributed by atoms with Gasteiger partial charge in [-0.25, -0.2) is 0 Å². The van der Waals surface area contributed by atoms with Gasteiger partial charge in [-0.2, -0.15) is 0 Å². The second kappa shape index (κ2) is 8.82. The van der Waals surface area contributed by atoms with Crippen molar-refractivity contribution >= 4 is 59.9 Å². The van der Waals surface area contributed by atoms with Gasteiger partial charge in [-0.3, -0.25) is 0 Å². The minimum absolute atomic E-state index is 1.17. The van der Waals surface area contributed by atoms with Gasteiger partial charge in [0.2, 0.25) is 0 Å². The van der Waals surface area contributed by atoms with Gasteiger partial charge in [0.1, 0.15) is 0 Å². The summed E-state index contributed by atoms with van der Waals surface area (Å²) in [5.74, 6) is 0. The van der Waals surface area contributed by atoms with Crippen LogP contribution in [-0.4, -0.2) is 8.97 Å². The van der Waals surface area contributed by atoms with Crippen LogP contribution in [0.15, 0.2) is 158 Å². The zero-order chi connectivity index (χ0) is 28.8. The zero-order valence-electron chi connectivity index (χ0n) is 23.9. The zero-order valence-corrected chi connectivity index (χ0v) is 23.9. The molecule has 0 atom stereocenters. The number of aromatic nitrogens is 2. The second-order valence-corrected chi connectivity index (χ2v) is 11.8. The average molecular weight is 559 g/mol. The number of hydrogen-bond acceptors (Lipinski definition) is 0. The summed E-state index contributed by atoms with van der Waals surface area (Å²) in [5, 5.41) is 7.76. The van der Waals surface area contributed by atoms with Gasteiger partial charge in [0.25, 0.3) is 0 Å². The van der Waals surface area contributed by atoms with Crippen molar-refractivity contribution in [1.82, 2.24) is 8.97 Å². The van der Waals surface area contributed by atoms with Gasteiger partial charge in [-0.1, -0.05) is 109 Å². The molecule has 7 aromatic carbocycles. The Balaban J connectivity index is 1.30. The minimum atomic E-state index is 1.17. The summed E-state index contributed by atoms with van der Waals surface area (Å²) in [6.07, 6.45) is 0. The molecule has 204 valence electrons. The first kappa shape index (κ1) is 23.7. The van der Waals surface area contributed by atoms with Gasteiger partial charge in [0.15, 0.2) is 0 Å². The summed E-state index contributed by atoms with van der Waals surface area (Å²) in [5.41, 5.74) is 12.4. The van der Waals surface area contributed by atoms with Crippen LogP contribution >= 0.6 is 0 Å². The molecule has 44 heavy (non-hydrogen) atoms. The number of benzene rings is 7. The number of nitrogens with zero attached hydrogens (tertiary/aromatic N) is 2. The van der Waals surface area contributed by atoms with Gasteiger partial charge in [-0.15, -0.1) is 0 Å². The highest BCUT2D eigenvalue weighted by atomic mass is 15.0. The number of rotatable bonds is 3. The monoisotopic (exact) mass is 558 g/mol. The first-order valence-electron chi connectivity index (χ1n) is 15.2. The van der Waals surface area contributed by atoms with Crippen molar-refractivity contribution in [2.45, 2.75) is 0 Å². The van der Waals surface area contributed by atoms with Crippen molar-refractivity contribution in [1.29, 1.82) is 0 Å². The fourth-order valence-electron chi connectivity index (χ4n) is 7.60. The summed E-state index contributed by atoms with van der Waals surface area (Å²) in [6.45, 7) is 0. The Morgan fingerprint density at radius 2 is 0.909 bits per heavy atom. The lowest BCUT2D eigenvalue weighted by atomic mass is 9.96. The van der Waals surface area contributed by atoms with Gasteiger partial charge < -0.3 is 8.97 Å². The Morgan fingerprint density at radius 3 is 1.64 bits per heavy atom. The summed E-state index contributed by atoms with van der Waals surface area (Å²) in [6, 6.07) is 57.6. The highest BCUT2D eigenvalue weighted by molar-refractivity contribution is 6.25. The number of fused-ring (bicyclic) bond motifs is 9. The SMILES string of the molecule is c1ccc(-c2cccc(-n3c4ccccc4c4c(-c5cc6c7ccccc7n7c8ccccc8c(c5)c67)cccc43)c2)cc1. The molecule has 0 N–H and O–H groups in total. The fourth-order valence-corrected chi connectivity index (χ4v) is 7.60. The lowest BCUT2D eigenvalue weighted by molar-refractivity contribution is 1.18. The molecule has 0 fully saturated rings. The van der Waals surface area contributed by atoms with E-state index in [1.807, 2.05) is 0 Å². The Bertz CT molecular complexity index is 2620. The molecule has 0 amide bonds. The molecule has 0 saturated heterocycles.